The van der Waals surface area contributed by atoms with Crippen molar-refractivity contribution in [1.82, 2.24) is 0 Å². The lowest BCUT2D eigenvalue weighted by Gasteiger charge is -2.05. The van der Waals surface area contributed by atoms with Crippen LogP contribution in [0, 0.1) is 0 Å². The zero-order valence-corrected chi connectivity index (χ0v) is 11.3. The van der Waals surface area contributed by atoms with Crippen LogP contribution in [-0.4, -0.2) is 18.3 Å². The molecule has 3 heteroatoms. The van der Waals surface area contributed by atoms with Crippen molar-refractivity contribution in [3.63, 3.8) is 0 Å². The molecule has 3 nitrogen and oxygen atoms in total. The Labute approximate surface area is 119 Å². The second-order valence-electron chi connectivity index (χ2n) is 4.48. The van der Waals surface area contributed by atoms with Gasteiger partial charge in [0.25, 0.3) is 0 Å². The van der Waals surface area contributed by atoms with Crippen LogP contribution in [0.5, 0.6) is 11.5 Å². The Morgan fingerprint density at radius 1 is 0.900 bits per heavy atom. The number of hydrogen-bond donors (Lipinski definition) is 2. The Bertz CT molecular complexity index is 544. The molecule has 0 spiro atoms. The van der Waals surface area contributed by atoms with Gasteiger partial charge in [-0.1, -0.05) is 36.4 Å². The molecule has 0 heterocycles. The molecule has 0 amide bonds. The van der Waals surface area contributed by atoms with Crippen LogP contribution in [0.15, 0.2) is 48.5 Å². The minimum Gasteiger partial charge on any atom is -0.508 e. The van der Waals surface area contributed by atoms with Crippen LogP contribution in [0.3, 0.4) is 0 Å². The second kappa shape index (κ2) is 7.36. The molecule has 0 saturated carbocycles. The van der Waals surface area contributed by atoms with E-state index >= 15 is 0 Å². The zero-order valence-electron chi connectivity index (χ0n) is 11.3. The fourth-order valence-corrected chi connectivity index (χ4v) is 1.73. The lowest BCUT2D eigenvalue weighted by Crippen LogP contribution is -2.05. The van der Waals surface area contributed by atoms with E-state index in [4.69, 9.17) is 10.5 Å². The molecule has 3 N–H and O–H groups in total. The molecule has 0 atom stereocenters. The zero-order chi connectivity index (χ0) is 14.2. The molecule has 20 heavy (non-hydrogen) atoms. The Kier molecular flexibility index (Phi) is 5.21. The number of nitrogens with two attached hydrogens (primary N) is 1. The molecule has 0 bridgehead atoms. The van der Waals surface area contributed by atoms with E-state index in [1.807, 2.05) is 48.6 Å². The molecule has 0 aromatic heterocycles. The van der Waals surface area contributed by atoms with E-state index in [1.54, 1.807) is 12.1 Å². The predicted octanol–water partition coefficient (Wildman–Crippen LogP) is 3.29. The maximum atomic E-state index is 9.22. The fraction of sp³-hybridized carbons (Fsp3) is 0.176. The largest absolute Gasteiger partial charge is 0.508 e. The number of aromatic hydroxyl groups is 1. The summed E-state index contributed by atoms with van der Waals surface area (Å²) in [6.45, 7) is 1.30. The molecule has 0 saturated heterocycles. The molecule has 0 unspecified atom stereocenters. The van der Waals surface area contributed by atoms with E-state index in [0.717, 1.165) is 23.3 Å². The number of benzene rings is 2. The Balaban J connectivity index is 1.94. The molecule has 2 aromatic carbocycles. The summed E-state index contributed by atoms with van der Waals surface area (Å²) in [6, 6.07) is 15.0. The van der Waals surface area contributed by atoms with Crippen LogP contribution >= 0.6 is 0 Å². The van der Waals surface area contributed by atoms with Gasteiger partial charge in [-0.05, 0) is 48.4 Å². The number of phenolic OH excluding ortho intramolecular Hbond substituents is 1. The first kappa shape index (κ1) is 14.2. The van der Waals surface area contributed by atoms with Crippen LogP contribution in [-0.2, 0) is 0 Å². The molecule has 2 aromatic rings. The first-order valence-corrected chi connectivity index (χ1v) is 6.68. The highest BCUT2D eigenvalue weighted by molar-refractivity contribution is 5.70. The average molecular weight is 269 g/mol. The smallest absolute Gasteiger partial charge is 0.119 e. The van der Waals surface area contributed by atoms with Crippen LogP contribution in [0.25, 0.3) is 12.2 Å². The van der Waals surface area contributed by atoms with Gasteiger partial charge in [-0.2, -0.15) is 0 Å². The average Bonchev–Trinajstić information content (AvgIpc) is 2.48. The van der Waals surface area contributed by atoms with Gasteiger partial charge in [-0.15, -0.1) is 0 Å². The Hall–Kier alpha value is -2.26. The molecular formula is C17H19NO2. The monoisotopic (exact) mass is 269 g/mol. The normalized spacial score (nSPS) is 10.8. The van der Waals surface area contributed by atoms with Gasteiger partial charge in [0.05, 0.1) is 6.61 Å². The van der Waals surface area contributed by atoms with E-state index in [1.165, 1.54) is 0 Å². The van der Waals surface area contributed by atoms with E-state index in [-0.39, 0.29) is 5.75 Å². The molecule has 0 fully saturated rings. The minimum atomic E-state index is 0.279. The van der Waals surface area contributed by atoms with Crippen molar-refractivity contribution in [2.24, 2.45) is 5.73 Å². The summed E-state index contributed by atoms with van der Waals surface area (Å²) in [5.41, 5.74) is 7.56. The fourth-order valence-electron chi connectivity index (χ4n) is 1.73. The van der Waals surface area contributed by atoms with Crippen molar-refractivity contribution in [3.8, 4) is 11.5 Å². The molecule has 0 radical (unpaired) electrons. The summed E-state index contributed by atoms with van der Waals surface area (Å²) in [5, 5.41) is 9.22. The van der Waals surface area contributed by atoms with Gasteiger partial charge < -0.3 is 15.6 Å². The molecule has 0 aliphatic heterocycles. The summed E-state index contributed by atoms with van der Waals surface area (Å²) in [4.78, 5) is 0. The third kappa shape index (κ3) is 4.44. The van der Waals surface area contributed by atoms with Gasteiger partial charge in [0.15, 0.2) is 0 Å². The van der Waals surface area contributed by atoms with Gasteiger partial charge >= 0.3 is 0 Å². The maximum absolute atomic E-state index is 9.22. The molecule has 104 valence electrons. The summed E-state index contributed by atoms with van der Waals surface area (Å²) in [7, 11) is 0. The second-order valence-corrected chi connectivity index (χ2v) is 4.48. The third-order valence-corrected chi connectivity index (χ3v) is 2.86. The van der Waals surface area contributed by atoms with Crippen LogP contribution in [0.1, 0.15) is 17.5 Å². The molecule has 2 rings (SSSR count). The number of ether oxygens (including phenoxy) is 1. The standard InChI is InChI=1S/C17H19NO2/c18-12-1-13-20-17-10-6-15(7-11-17)3-2-14-4-8-16(19)9-5-14/h2-11,19H,1,12-13,18H2/b3-2+. The quantitative estimate of drug-likeness (QED) is 0.625. The number of phenols is 1. The lowest BCUT2D eigenvalue weighted by molar-refractivity contribution is 0.313. The van der Waals surface area contributed by atoms with Gasteiger partial charge in [-0.25, -0.2) is 0 Å². The minimum absolute atomic E-state index is 0.279. The summed E-state index contributed by atoms with van der Waals surface area (Å²) in [6.07, 6.45) is 4.89. The van der Waals surface area contributed by atoms with Crippen molar-refractivity contribution in [2.75, 3.05) is 13.2 Å². The highest BCUT2D eigenvalue weighted by Gasteiger charge is 1.94. The van der Waals surface area contributed by atoms with Crippen LogP contribution in [0.2, 0.25) is 0 Å². The summed E-state index contributed by atoms with van der Waals surface area (Å²) >= 11 is 0. The highest BCUT2D eigenvalue weighted by atomic mass is 16.5. The molecule has 0 aliphatic carbocycles. The highest BCUT2D eigenvalue weighted by Crippen LogP contribution is 2.16. The van der Waals surface area contributed by atoms with Gasteiger partial charge in [0.1, 0.15) is 11.5 Å². The number of hydrogen-bond acceptors (Lipinski definition) is 3. The number of rotatable bonds is 6. The third-order valence-electron chi connectivity index (χ3n) is 2.86. The first-order chi connectivity index (χ1) is 9.78. The van der Waals surface area contributed by atoms with E-state index in [2.05, 4.69) is 0 Å². The van der Waals surface area contributed by atoms with E-state index in [9.17, 15) is 5.11 Å². The SMILES string of the molecule is NCCCOc1ccc(/C=C/c2ccc(O)cc2)cc1. The van der Waals surface area contributed by atoms with Crippen molar-refractivity contribution >= 4 is 12.2 Å². The van der Waals surface area contributed by atoms with E-state index < -0.39 is 0 Å². The summed E-state index contributed by atoms with van der Waals surface area (Å²) in [5.74, 6) is 1.14. The first-order valence-electron chi connectivity index (χ1n) is 6.68. The van der Waals surface area contributed by atoms with Crippen molar-refractivity contribution < 1.29 is 9.84 Å². The Morgan fingerprint density at radius 2 is 1.45 bits per heavy atom. The molecule has 0 aliphatic rings. The van der Waals surface area contributed by atoms with Crippen LogP contribution in [0.4, 0.5) is 0 Å². The maximum Gasteiger partial charge on any atom is 0.119 e. The van der Waals surface area contributed by atoms with Gasteiger partial charge in [0, 0.05) is 0 Å². The van der Waals surface area contributed by atoms with Crippen molar-refractivity contribution in [1.29, 1.82) is 0 Å². The Morgan fingerprint density at radius 3 is 2.00 bits per heavy atom. The van der Waals surface area contributed by atoms with E-state index in [0.29, 0.717) is 13.2 Å². The lowest BCUT2D eigenvalue weighted by atomic mass is 10.1. The van der Waals surface area contributed by atoms with Crippen molar-refractivity contribution in [2.45, 2.75) is 6.42 Å². The topological polar surface area (TPSA) is 55.5 Å². The molecular weight excluding hydrogens is 250 g/mol. The van der Waals surface area contributed by atoms with Gasteiger partial charge in [0.2, 0.25) is 0 Å². The van der Waals surface area contributed by atoms with Crippen molar-refractivity contribution in [3.05, 3.63) is 59.7 Å². The summed E-state index contributed by atoms with van der Waals surface area (Å²) < 4.78 is 5.55. The van der Waals surface area contributed by atoms with Crippen LogP contribution < -0.4 is 10.5 Å². The predicted molar refractivity (Wildman–Crippen MR) is 82.6 cm³/mol. The van der Waals surface area contributed by atoms with Gasteiger partial charge in [-0.3, -0.25) is 0 Å².